The van der Waals surface area contributed by atoms with E-state index in [1.54, 1.807) is 48.5 Å². The SMILES string of the molecule is CCCCCCOc1ccc(C(=O)NNC(=O)c2ccc(NC(=O)CCC)cc2)cc1. The molecule has 0 aliphatic carbocycles. The molecule has 7 nitrogen and oxygen atoms in total. The molecule has 0 radical (unpaired) electrons. The Hall–Kier alpha value is -3.35. The van der Waals surface area contributed by atoms with Gasteiger partial charge in [0.1, 0.15) is 5.75 Å². The van der Waals surface area contributed by atoms with Crippen molar-refractivity contribution in [3.05, 3.63) is 59.7 Å². The molecule has 0 aliphatic heterocycles. The Morgan fingerprint density at radius 1 is 0.742 bits per heavy atom. The Kier molecular flexibility index (Phi) is 10.1. The molecule has 0 unspecified atom stereocenters. The largest absolute Gasteiger partial charge is 0.494 e. The molecule has 2 aromatic rings. The van der Waals surface area contributed by atoms with Crippen LogP contribution in [0.1, 0.15) is 73.1 Å². The first-order valence-electron chi connectivity index (χ1n) is 10.8. The molecule has 0 saturated heterocycles. The molecule has 2 aromatic carbocycles. The van der Waals surface area contributed by atoms with Crippen LogP contribution in [0.25, 0.3) is 0 Å². The average molecular weight is 426 g/mol. The zero-order valence-corrected chi connectivity index (χ0v) is 18.2. The van der Waals surface area contributed by atoms with Crippen LogP contribution in [-0.2, 0) is 4.79 Å². The van der Waals surface area contributed by atoms with Gasteiger partial charge in [-0.3, -0.25) is 25.2 Å². The van der Waals surface area contributed by atoms with Crippen LogP contribution in [0.3, 0.4) is 0 Å². The van der Waals surface area contributed by atoms with Crippen LogP contribution in [0.4, 0.5) is 5.69 Å². The lowest BCUT2D eigenvalue weighted by molar-refractivity contribution is -0.116. The van der Waals surface area contributed by atoms with Crippen LogP contribution in [0, 0.1) is 0 Å². The van der Waals surface area contributed by atoms with Gasteiger partial charge >= 0.3 is 0 Å². The summed E-state index contributed by atoms with van der Waals surface area (Å²) >= 11 is 0. The van der Waals surface area contributed by atoms with E-state index < -0.39 is 11.8 Å². The van der Waals surface area contributed by atoms with Crippen molar-refractivity contribution in [1.29, 1.82) is 0 Å². The molecule has 31 heavy (non-hydrogen) atoms. The number of hydrogen-bond acceptors (Lipinski definition) is 4. The van der Waals surface area contributed by atoms with Gasteiger partial charge in [-0.25, -0.2) is 0 Å². The summed E-state index contributed by atoms with van der Waals surface area (Å²) in [6.07, 6.45) is 5.75. The highest BCUT2D eigenvalue weighted by molar-refractivity contribution is 5.99. The smallest absolute Gasteiger partial charge is 0.269 e. The fourth-order valence-electron chi connectivity index (χ4n) is 2.83. The average Bonchev–Trinajstić information content (AvgIpc) is 2.78. The first kappa shape index (κ1) is 23.9. The molecule has 0 aliphatic rings. The molecule has 0 bridgehead atoms. The number of hydrogen-bond donors (Lipinski definition) is 3. The summed E-state index contributed by atoms with van der Waals surface area (Å²) < 4.78 is 5.66. The lowest BCUT2D eigenvalue weighted by Gasteiger charge is -2.10. The summed E-state index contributed by atoms with van der Waals surface area (Å²) in [6, 6.07) is 13.2. The number of rotatable bonds is 11. The fraction of sp³-hybridized carbons (Fsp3) is 0.375. The second kappa shape index (κ2) is 13.1. The molecule has 3 amide bonds. The minimum absolute atomic E-state index is 0.0696. The van der Waals surface area contributed by atoms with Gasteiger partial charge in [0.25, 0.3) is 11.8 Å². The summed E-state index contributed by atoms with van der Waals surface area (Å²) in [5.74, 6) is -0.235. The second-order valence-corrected chi connectivity index (χ2v) is 7.22. The summed E-state index contributed by atoms with van der Waals surface area (Å²) in [7, 11) is 0. The van der Waals surface area contributed by atoms with Crippen molar-refractivity contribution in [3.63, 3.8) is 0 Å². The maximum atomic E-state index is 12.2. The van der Waals surface area contributed by atoms with Gasteiger partial charge in [-0.05, 0) is 61.4 Å². The van der Waals surface area contributed by atoms with Crippen LogP contribution in [-0.4, -0.2) is 24.3 Å². The van der Waals surface area contributed by atoms with E-state index in [2.05, 4.69) is 23.1 Å². The number of ether oxygens (including phenoxy) is 1. The number of unbranched alkanes of at least 4 members (excludes halogenated alkanes) is 3. The van der Waals surface area contributed by atoms with E-state index in [1.165, 1.54) is 12.8 Å². The Bertz CT molecular complexity index is 848. The molecule has 0 aromatic heterocycles. The minimum Gasteiger partial charge on any atom is -0.494 e. The zero-order chi connectivity index (χ0) is 22.5. The van der Waals surface area contributed by atoms with Crippen molar-refractivity contribution in [1.82, 2.24) is 10.9 Å². The van der Waals surface area contributed by atoms with E-state index in [0.29, 0.717) is 35.6 Å². The number of carbonyl (C=O) groups is 3. The zero-order valence-electron chi connectivity index (χ0n) is 18.2. The molecule has 0 saturated carbocycles. The van der Waals surface area contributed by atoms with E-state index in [-0.39, 0.29) is 5.91 Å². The number of benzene rings is 2. The third-order valence-electron chi connectivity index (χ3n) is 4.58. The van der Waals surface area contributed by atoms with Crippen molar-refractivity contribution < 1.29 is 19.1 Å². The van der Waals surface area contributed by atoms with E-state index in [0.717, 1.165) is 19.3 Å². The molecule has 0 atom stereocenters. The minimum atomic E-state index is -0.452. The van der Waals surface area contributed by atoms with Gasteiger partial charge in [-0.2, -0.15) is 0 Å². The van der Waals surface area contributed by atoms with Crippen molar-refractivity contribution in [2.24, 2.45) is 0 Å². The van der Waals surface area contributed by atoms with E-state index in [1.807, 2.05) is 6.92 Å². The summed E-state index contributed by atoms with van der Waals surface area (Å²) in [5.41, 5.74) is 6.18. The molecular weight excluding hydrogens is 394 g/mol. The van der Waals surface area contributed by atoms with Crippen molar-refractivity contribution in [3.8, 4) is 5.75 Å². The molecule has 7 heteroatoms. The number of hydrazine groups is 1. The van der Waals surface area contributed by atoms with E-state index in [9.17, 15) is 14.4 Å². The fourth-order valence-corrected chi connectivity index (χ4v) is 2.83. The van der Waals surface area contributed by atoms with Crippen LogP contribution in [0.5, 0.6) is 5.75 Å². The van der Waals surface area contributed by atoms with Crippen LogP contribution in [0.15, 0.2) is 48.5 Å². The van der Waals surface area contributed by atoms with Gasteiger partial charge in [-0.15, -0.1) is 0 Å². The van der Waals surface area contributed by atoms with Crippen LogP contribution < -0.4 is 20.9 Å². The Morgan fingerprint density at radius 2 is 1.32 bits per heavy atom. The quantitative estimate of drug-likeness (QED) is 0.366. The molecule has 3 N–H and O–H groups in total. The highest BCUT2D eigenvalue weighted by atomic mass is 16.5. The van der Waals surface area contributed by atoms with Gasteiger partial charge in [0, 0.05) is 23.2 Å². The molecular formula is C24H31N3O4. The summed E-state index contributed by atoms with van der Waals surface area (Å²) in [4.78, 5) is 36.1. The number of amides is 3. The maximum Gasteiger partial charge on any atom is 0.269 e. The third kappa shape index (κ3) is 8.50. The molecule has 2 rings (SSSR count). The lowest BCUT2D eigenvalue weighted by Crippen LogP contribution is -2.41. The van der Waals surface area contributed by atoms with E-state index in [4.69, 9.17) is 4.74 Å². The highest BCUT2D eigenvalue weighted by Gasteiger charge is 2.10. The molecule has 0 spiro atoms. The van der Waals surface area contributed by atoms with Crippen LogP contribution >= 0.6 is 0 Å². The Morgan fingerprint density at radius 3 is 1.87 bits per heavy atom. The molecule has 0 fully saturated rings. The monoisotopic (exact) mass is 425 g/mol. The van der Waals surface area contributed by atoms with Crippen molar-refractivity contribution in [2.45, 2.75) is 52.4 Å². The third-order valence-corrected chi connectivity index (χ3v) is 4.58. The second-order valence-electron chi connectivity index (χ2n) is 7.22. The normalized spacial score (nSPS) is 10.3. The van der Waals surface area contributed by atoms with E-state index >= 15 is 0 Å². The molecule has 166 valence electrons. The van der Waals surface area contributed by atoms with Crippen LogP contribution in [0.2, 0.25) is 0 Å². The molecule has 0 heterocycles. The van der Waals surface area contributed by atoms with Crippen molar-refractivity contribution >= 4 is 23.4 Å². The first-order valence-corrected chi connectivity index (χ1v) is 10.8. The number of carbonyl (C=O) groups excluding carboxylic acids is 3. The summed E-state index contributed by atoms with van der Waals surface area (Å²) in [6.45, 7) is 4.75. The highest BCUT2D eigenvalue weighted by Crippen LogP contribution is 2.13. The lowest BCUT2D eigenvalue weighted by atomic mass is 10.2. The van der Waals surface area contributed by atoms with Gasteiger partial charge in [-0.1, -0.05) is 33.1 Å². The van der Waals surface area contributed by atoms with Gasteiger partial charge in [0.05, 0.1) is 6.61 Å². The van der Waals surface area contributed by atoms with Gasteiger partial charge in [0.2, 0.25) is 5.91 Å². The first-order chi connectivity index (χ1) is 15.0. The Labute approximate surface area is 183 Å². The van der Waals surface area contributed by atoms with Crippen molar-refractivity contribution in [2.75, 3.05) is 11.9 Å². The maximum absolute atomic E-state index is 12.2. The standard InChI is InChI=1S/C24H31N3O4/c1-3-5-6-7-17-31-21-15-11-19(12-16-21)24(30)27-26-23(29)18-9-13-20(14-10-18)25-22(28)8-4-2/h9-16H,3-8,17H2,1-2H3,(H,25,28)(H,26,29)(H,27,30). The summed E-state index contributed by atoms with van der Waals surface area (Å²) in [5, 5.41) is 2.76. The number of anilines is 1. The van der Waals surface area contributed by atoms with Gasteiger partial charge < -0.3 is 10.1 Å². The predicted molar refractivity (Wildman–Crippen MR) is 121 cm³/mol. The predicted octanol–water partition coefficient (Wildman–Crippen LogP) is 4.46. The van der Waals surface area contributed by atoms with Gasteiger partial charge in [0.15, 0.2) is 0 Å². The Balaban J connectivity index is 1.78. The number of nitrogens with one attached hydrogen (secondary N) is 3. The topological polar surface area (TPSA) is 96.5 Å².